The van der Waals surface area contributed by atoms with Gasteiger partial charge in [-0.2, -0.15) is 5.10 Å². The van der Waals surface area contributed by atoms with E-state index in [1.54, 1.807) is 0 Å². The van der Waals surface area contributed by atoms with Crippen molar-refractivity contribution in [2.75, 3.05) is 26.3 Å². The van der Waals surface area contributed by atoms with E-state index in [-0.39, 0.29) is 0 Å². The van der Waals surface area contributed by atoms with E-state index in [0.29, 0.717) is 0 Å². The van der Waals surface area contributed by atoms with Gasteiger partial charge in [-0.15, -0.1) is 0 Å². The molecule has 0 unspecified atom stereocenters. The minimum atomic E-state index is 0.811. The molecule has 0 amide bonds. The van der Waals surface area contributed by atoms with Crippen molar-refractivity contribution in [2.45, 2.75) is 26.2 Å². The zero-order chi connectivity index (χ0) is 19.0. The van der Waals surface area contributed by atoms with E-state index in [2.05, 4.69) is 70.0 Å². The smallest absolute Gasteiger partial charge is 0.0659 e. The molecule has 0 atom stereocenters. The van der Waals surface area contributed by atoms with Crippen molar-refractivity contribution in [2.24, 2.45) is 0 Å². The Morgan fingerprint density at radius 2 is 1.46 bits per heavy atom. The van der Waals surface area contributed by atoms with E-state index in [0.717, 1.165) is 52.5 Å². The molecule has 1 aliphatic heterocycles. The second kappa shape index (κ2) is 9.64. The topological polar surface area (TPSA) is 42.3 Å². The Morgan fingerprint density at radius 1 is 0.786 bits per heavy atom. The molecule has 5 nitrogen and oxygen atoms in total. The van der Waals surface area contributed by atoms with Gasteiger partial charge >= 0.3 is 0 Å². The van der Waals surface area contributed by atoms with Gasteiger partial charge in [-0.05, 0) is 16.7 Å². The molecular formula is C23H28N4O. The van der Waals surface area contributed by atoms with Crippen molar-refractivity contribution in [1.82, 2.24) is 20.0 Å². The first-order valence-corrected chi connectivity index (χ1v) is 9.99. The van der Waals surface area contributed by atoms with Crippen LogP contribution in [0.4, 0.5) is 0 Å². The average molecular weight is 377 g/mol. The second-order valence-electron chi connectivity index (χ2n) is 7.34. The zero-order valence-corrected chi connectivity index (χ0v) is 16.3. The summed E-state index contributed by atoms with van der Waals surface area (Å²) in [4.78, 5) is 2.45. The molecule has 0 bridgehead atoms. The number of ether oxygens (including phenoxy) is 1. The lowest BCUT2D eigenvalue weighted by Gasteiger charge is -2.26. The van der Waals surface area contributed by atoms with Crippen LogP contribution in [0.3, 0.4) is 0 Å². The zero-order valence-electron chi connectivity index (χ0n) is 16.3. The summed E-state index contributed by atoms with van der Waals surface area (Å²) in [5, 5.41) is 7.98. The number of hydrogen-bond donors (Lipinski definition) is 1. The summed E-state index contributed by atoms with van der Waals surface area (Å²) in [6.45, 7) is 7.27. The van der Waals surface area contributed by atoms with Crippen LogP contribution in [0.5, 0.6) is 0 Å². The predicted molar refractivity (Wildman–Crippen MR) is 111 cm³/mol. The molecule has 1 N–H and O–H groups in total. The van der Waals surface area contributed by atoms with Gasteiger partial charge in [0, 0.05) is 44.5 Å². The summed E-state index contributed by atoms with van der Waals surface area (Å²) in [6, 6.07) is 19.3. The maximum absolute atomic E-state index is 5.41. The molecule has 2 heterocycles. The largest absolute Gasteiger partial charge is 0.379 e. The lowest BCUT2D eigenvalue weighted by atomic mass is 10.1. The van der Waals surface area contributed by atoms with Gasteiger partial charge in [-0.3, -0.25) is 9.58 Å². The summed E-state index contributed by atoms with van der Waals surface area (Å²) in [5.41, 5.74) is 5.15. The molecule has 0 radical (unpaired) electrons. The summed E-state index contributed by atoms with van der Waals surface area (Å²) < 4.78 is 7.41. The Labute approximate surface area is 166 Å². The van der Waals surface area contributed by atoms with Crippen molar-refractivity contribution >= 4 is 0 Å². The van der Waals surface area contributed by atoms with Crippen molar-refractivity contribution in [3.05, 3.63) is 89.2 Å². The summed E-state index contributed by atoms with van der Waals surface area (Å²) in [7, 11) is 0. The van der Waals surface area contributed by atoms with Crippen molar-refractivity contribution in [3.8, 4) is 0 Å². The molecule has 2 aromatic carbocycles. The molecule has 3 aromatic rings. The fourth-order valence-electron chi connectivity index (χ4n) is 3.49. The number of rotatable bonds is 8. The van der Waals surface area contributed by atoms with Crippen LogP contribution in [0, 0.1) is 0 Å². The quantitative estimate of drug-likeness (QED) is 0.656. The Hall–Kier alpha value is -2.47. The van der Waals surface area contributed by atoms with E-state index in [9.17, 15) is 0 Å². The van der Waals surface area contributed by atoms with Crippen LogP contribution >= 0.6 is 0 Å². The third-order valence-electron chi connectivity index (χ3n) is 5.07. The van der Waals surface area contributed by atoms with Gasteiger partial charge in [-0.25, -0.2) is 0 Å². The summed E-state index contributed by atoms with van der Waals surface area (Å²) >= 11 is 0. The number of aromatic nitrogens is 2. The highest BCUT2D eigenvalue weighted by atomic mass is 16.5. The molecule has 4 rings (SSSR count). The molecule has 5 heteroatoms. The monoisotopic (exact) mass is 376 g/mol. The van der Waals surface area contributed by atoms with Gasteiger partial charge in [0.15, 0.2) is 0 Å². The van der Waals surface area contributed by atoms with Gasteiger partial charge in [0.25, 0.3) is 0 Å². The van der Waals surface area contributed by atoms with Crippen LogP contribution in [0.25, 0.3) is 0 Å². The van der Waals surface area contributed by atoms with Crippen LogP contribution in [-0.2, 0) is 30.9 Å². The fraction of sp³-hybridized carbons (Fsp3) is 0.348. The van der Waals surface area contributed by atoms with Gasteiger partial charge in [0.2, 0.25) is 0 Å². The molecule has 1 aromatic heterocycles. The highest BCUT2D eigenvalue weighted by Crippen LogP contribution is 2.10. The molecule has 0 spiro atoms. The number of hydrogen-bond acceptors (Lipinski definition) is 4. The maximum atomic E-state index is 5.41. The first kappa shape index (κ1) is 18.9. The SMILES string of the molecule is c1ccc(Cn2cc(CNCc3ccc(CN4CCOCC4)cc3)cn2)cc1. The Morgan fingerprint density at radius 3 is 2.25 bits per heavy atom. The van der Waals surface area contributed by atoms with E-state index in [1.807, 2.05) is 16.9 Å². The molecule has 1 saturated heterocycles. The Kier molecular flexibility index (Phi) is 6.50. The molecule has 1 aliphatic rings. The lowest BCUT2D eigenvalue weighted by molar-refractivity contribution is 0.0342. The van der Waals surface area contributed by atoms with Gasteiger partial charge < -0.3 is 10.1 Å². The highest BCUT2D eigenvalue weighted by Gasteiger charge is 2.10. The average Bonchev–Trinajstić information content (AvgIpc) is 3.18. The van der Waals surface area contributed by atoms with Crippen LogP contribution in [0.1, 0.15) is 22.3 Å². The molecule has 0 saturated carbocycles. The van der Waals surface area contributed by atoms with Crippen LogP contribution in [0.15, 0.2) is 67.0 Å². The third kappa shape index (κ3) is 5.52. The summed E-state index contributed by atoms with van der Waals surface area (Å²) in [6.07, 6.45) is 4.06. The van der Waals surface area contributed by atoms with Gasteiger partial charge in [0.1, 0.15) is 0 Å². The van der Waals surface area contributed by atoms with Crippen molar-refractivity contribution < 1.29 is 4.74 Å². The highest BCUT2D eigenvalue weighted by molar-refractivity contribution is 5.22. The van der Waals surface area contributed by atoms with E-state index >= 15 is 0 Å². The normalized spacial score (nSPS) is 15.0. The fourth-order valence-corrected chi connectivity index (χ4v) is 3.49. The van der Waals surface area contributed by atoms with E-state index in [4.69, 9.17) is 4.74 Å². The predicted octanol–water partition coefficient (Wildman–Crippen LogP) is 3.05. The number of nitrogens with one attached hydrogen (secondary N) is 1. The molecule has 146 valence electrons. The van der Waals surface area contributed by atoms with Crippen LogP contribution in [-0.4, -0.2) is 41.0 Å². The first-order chi connectivity index (χ1) is 13.8. The van der Waals surface area contributed by atoms with Gasteiger partial charge in [0.05, 0.1) is 26.0 Å². The molecule has 0 aliphatic carbocycles. The van der Waals surface area contributed by atoms with Crippen LogP contribution < -0.4 is 5.32 Å². The lowest BCUT2D eigenvalue weighted by Crippen LogP contribution is -2.35. The molecular weight excluding hydrogens is 348 g/mol. The minimum Gasteiger partial charge on any atom is -0.379 e. The minimum absolute atomic E-state index is 0.811. The number of benzene rings is 2. The molecule has 28 heavy (non-hydrogen) atoms. The second-order valence-corrected chi connectivity index (χ2v) is 7.34. The maximum Gasteiger partial charge on any atom is 0.0659 e. The van der Waals surface area contributed by atoms with Crippen molar-refractivity contribution in [1.29, 1.82) is 0 Å². The van der Waals surface area contributed by atoms with Crippen LogP contribution in [0.2, 0.25) is 0 Å². The van der Waals surface area contributed by atoms with Gasteiger partial charge in [-0.1, -0.05) is 54.6 Å². The van der Waals surface area contributed by atoms with E-state index in [1.165, 1.54) is 22.3 Å². The summed E-state index contributed by atoms with van der Waals surface area (Å²) in [5.74, 6) is 0. The molecule has 1 fully saturated rings. The Balaban J connectivity index is 1.21. The number of nitrogens with zero attached hydrogens (tertiary/aromatic N) is 3. The number of morpholine rings is 1. The standard InChI is InChI=1S/C23H28N4O/c1-2-4-21(5-3-1)18-27-19-23(16-25-27)15-24-14-20-6-8-22(9-7-20)17-26-10-12-28-13-11-26/h1-9,16,19,24H,10-15,17-18H2. The van der Waals surface area contributed by atoms with E-state index < -0.39 is 0 Å². The first-order valence-electron chi connectivity index (χ1n) is 9.99. The third-order valence-corrected chi connectivity index (χ3v) is 5.07. The Bertz CT molecular complexity index is 839. The van der Waals surface area contributed by atoms with Crippen molar-refractivity contribution in [3.63, 3.8) is 0 Å².